The van der Waals surface area contributed by atoms with Crippen LogP contribution in [0.15, 0.2) is 67.0 Å². The fraction of sp³-hybridized carbons (Fsp3) is 0.238. The summed E-state index contributed by atoms with van der Waals surface area (Å²) >= 11 is 0. The van der Waals surface area contributed by atoms with Gasteiger partial charge in [0.25, 0.3) is 5.91 Å². The van der Waals surface area contributed by atoms with E-state index in [1.807, 2.05) is 42.1 Å². The van der Waals surface area contributed by atoms with Crippen molar-refractivity contribution in [3.63, 3.8) is 0 Å². The Morgan fingerprint density at radius 3 is 2.58 bits per heavy atom. The Kier molecular flexibility index (Phi) is 4.44. The summed E-state index contributed by atoms with van der Waals surface area (Å²) in [7, 11) is 0. The van der Waals surface area contributed by atoms with Gasteiger partial charge in [0.2, 0.25) is 0 Å². The molecule has 0 unspecified atom stereocenters. The van der Waals surface area contributed by atoms with E-state index < -0.39 is 0 Å². The number of hydrogen-bond acceptors (Lipinski definition) is 3. The first-order chi connectivity index (χ1) is 12.7. The molecule has 1 amide bonds. The molecule has 3 aromatic rings. The lowest BCUT2D eigenvalue weighted by molar-refractivity contribution is 0.0936. The van der Waals surface area contributed by atoms with E-state index in [4.69, 9.17) is 0 Å². The third kappa shape index (κ3) is 3.47. The average Bonchev–Trinajstić information content (AvgIpc) is 3.31. The molecule has 0 saturated heterocycles. The second-order valence-corrected chi connectivity index (χ2v) is 6.78. The minimum absolute atomic E-state index is 0.00194. The van der Waals surface area contributed by atoms with Crippen LogP contribution in [0.5, 0.6) is 0 Å². The zero-order valence-corrected chi connectivity index (χ0v) is 14.8. The molecular formula is C21H22N4O. The first kappa shape index (κ1) is 16.4. The quantitative estimate of drug-likeness (QED) is 0.772. The van der Waals surface area contributed by atoms with E-state index in [9.17, 15) is 4.79 Å². The fourth-order valence-electron chi connectivity index (χ4n) is 3.40. The first-order valence-electron chi connectivity index (χ1n) is 8.89. The van der Waals surface area contributed by atoms with Gasteiger partial charge in [0.1, 0.15) is 0 Å². The molecule has 0 fully saturated rings. The summed E-state index contributed by atoms with van der Waals surface area (Å²) in [4.78, 5) is 14.9. The second-order valence-electron chi connectivity index (χ2n) is 6.78. The smallest absolute Gasteiger partial charge is 0.251 e. The van der Waals surface area contributed by atoms with Crippen LogP contribution in [0.4, 0.5) is 5.69 Å². The lowest BCUT2D eigenvalue weighted by Gasteiger charge is -2.19. The SMILES string of the molecule is C[C@H](Cn1cccn1)NC(=O)c1cccc(N2Cc3ccccc3C2)c1. The first-order valence-corrected chi connectivity index (χ1v) is 8.89. The van der Waals surface area contributed by atoms with E-state index in [0.717, 1.165) is 18.8 Å². The van der Waals surface area contributed by atoms with Gasteiger partial charge in [0, 0.05) is 42.8 Å². The highest BCUT2D eigenvalue weighted by molar-refractivity contribution is 5.95. The maximum absolute atomic E-state index is 12.6. The number of fused-ring (bicyclic) bond motifs is 1. The van der Waals surface area contributed by atoms with Gasteiger partial charge in [-0.1, -0.05) is 30.3 Å². The van der Waals surface area contributed by atoms with E-state index >= 15 is 0 Å². The summed E-state index contributed by atoms with van der Waals surface area (Å²) in [6, 6.07) is 18.2. The van der Waals surface area contributed by atoms with Crippen molar-refractivity contribution in [3.8, 4) is 0 Å². The molecule has 1 N–H and O–H groups in total. The number of aromatic nitrogens is 2. The summed E-state index contributed by atoms with van der Waals surface area (Å²) in [6.07, 6.45) is 3.64. The minimum Gasteiger partial charge on any atom is -0.363 e. The molecule has 4 rings (SSSR count). The van der Waals surface area contributed by atoms with Crippen molar-refractivity contribution in [1.29, 1.82) is 0 Å². The van der Waals surface area contributed by atoms with Crippen LogP contribution in [0, 0.1) is 0 Å². The highest BCUT2D eigenvalue weighted by Gasteiger charge is 2.19. The van der Waals surface area contributed by atoms with Crippen LogP contribution in [0.1, 0.15) is 28.4 Å². The fourth-order valence-corrected chi connectivity index (χ4v) is 3.40. The van der Waals surface area contributed by atoms with E-state index in [-0.39, 0.29) is 11.9 Å². The second kappa shape index (κ2) is 7.04. The summed E-state index contributed by atoms with van der Waals surface area (Å²) in [5, 5.41) is 7.23. The van der Waals surface area contributed by atoms with Crippen LogP contribution in [-0.2, 0) is 19.6 Å². The molecule has 132 valence electrons. The number of hydrogen-bond donors (Lipinski definition) is 1. The molecule has 0 spiro atoms. The van der Waals surface area contributed by atoms with Crippen LogP contribution < -0.4 is 10.2 Å². The minimum atomic E-state index is -0.0526. The van der Waals surface area contributed by atoms with Gasteiger partial charge in [-0.3, -0.25) is 9.48 Å². The third-order valence-corrected chi connectivity index (χ3v) is 4.71. The summed E-state index contributed by atoms with van der Waals surface area (Å²) in [6.45, 7) is 4.41. The van der Waals surface area contributed by atoms with E-state index in [1.165, 1.54) is 11.1 Å². The summed E-state index contributed by atoms with van der Waals surface area (Å²) in [5.41, 5.74) is 4.48. The van der Waals surface area contributed by atoms with Gasteiger partial charge < -0.3 is 10.2 Å². The molecule has 0 saturated carbocycles. The monoisotopic (exact) mass is 346 g/mol. The topological polar surface area (TPSA) is 50.2 Å². The van der Waals surface area contributed by atoms with Gasteiger partial charge in [-0.25, -0.2) is 0 Å². The van der Waals surface area contributed by atoms with E-state index in [2.05, 4.69) is 45.6 Å². The van der Waals surface area contributed by atoms with Gasteiger partial charge in [-0.2, -0.15) is 5.10 Å². The van der Waals surface area contributed by atoms with Crippen molar-refractivity contribution in [2.75, 3.05) is 4.90 Å². The van der Waals surface area contributed by atoms with Gasteiger partial charge in [-0.05, 0) is 42.3 Å². The highest BCUT2D eigenvalue weighted by atomic mass is 16.1. The number of nitrogens with one attached hydrogen (secondary N) is 1. The molecule has 1 atom stereocenters. The standard InChI is InChI=1S/C21H22N4O/c1-16(13-25-11-5-10-22-25)23-21(26)17-8-4-9-20(12-17)24-14-18-6-2-3-7-19(18)15-24/h2-12,16H,13-15H2,1H3,(H,23,26)/t16-/m1/s1. The largest absolute Gasteiger partial charge is 0.363 e. The Balaban J connectivity index is 1.43. The maximum atomic E-state index is 12.6. The molecule has 0 radical (unpaired) electrons. The number of anilines is 1. The molecule has 0 aliphatic carbocycles. The lowest BCUT2D eigenvalue weighted by atomic mass is 10.1. The zero-order chi connectivity index (χ0) is 17.9. The summed E-state index contributed by atoms with van der Waals surface area (Å²) < 4.78 is 1.82. The van der Waals surface area contributed by atoms with Crippen molar-refractivity contribution in [2.45, 2.75) is 32.6 Å². The molecule has 1 aliphatic heterocycles. The zero-order valence-electron chi connectivity index (χ0n) is 14.8. The van der Waals surface area contributed by atoms with Crippen LogP contribution in [0.2, 0.25) is 0 Å². The molecule has 5 heteroatoms. The molecule has 1 aliphatic rings. The molecule has 5 nitrogen and oxygen atoms in total. The van der Waals surface area contributed by atoms with Crippen LogP contribution in [0.3, 0.4) is 0 Å². The Morgan fingerprint density at radius 2 is 1.88 bits per heavy atom. The molecule has 1 aromatic heterocycles. The van der Waals surface area contributed by atoms with Gasteiger partial charge in [0.05, 0.1) is 6.54 Å². The Labute approximate surface area is 153 Å². The average molecular weight is 346 g/mol. The number of carbonyl (C=O) groups is 1. The number of benzene rings is 2. The Hall–Kier alpha value is -3.08. The number of rotatable bonds is 5. The maximum Gasteiger partial charge on any atom is 0.251 e. The van der Waals surface area contributed by atoms with Crippen molar-refractivity contribution in [3.05, 3.63) is 83.7 Å². The van der Waals surface area contributed by atoms with Crippen LogP contribution in [-0.4, -0.2) is 21.7 Å². The van der Waals surface area contributed by atoms with Crippen molar-refractivity contribution >= 4 is 11.6 Å². The van der Waals surface area contributed by atoms with Gasteiger partial charge in [0.15, 0.2) is 0 Å². The van der Waals surface area contributed by atoms with Crippen LogP contribution >= 0.6 is 0 Å². The third-order valence-electron chi connectivity index (χ3n) is 4.71. The van der Waals surface area contributed by atoms with E-state index in [0.29, 0.717) is 12.1 Å². The Morgan fingerprint density at radius 1 is 1.12 bits per heavy atom. The van der Waals surface area contributed by atoms with Gasteiger partial charge >= 0.3 is 0 Å². The number of carbonyl (C=O) groups excluding carboxylic acids is 1. The molecule has 26 heavy (non-hydrogen) atoms. The van der Waals surface area contributed by atoms with Gasteiger partial charge in [-0.15, -0.1) is 0 Å². The molecular weight excluding hydrogens is 324 g/mol. The Bertz CT molecular complexity index is 879. The van der Waals surface area contributed by atoms with Crippen molar-refractivity contribution in [1.82, 2.24) is 15.1 Å². The number of amides is 1. The highest BCUT2D eigenvalue weighted by Crippen LogP contribution is 2.28. The van der Waals surface area contributed by atoms with Crippen LogP contribution in [0.25, 0.3) is 0 Å². The predicted octanol–water partition coefficient (Wildman–Crippen LogP) is 3.22. The number of nitrogens with zero attached hydrogens (tertiary/aromatic N) is 3. The van der Waals surface area contributed by atoms with Crippen molar-refractivity contribution < 1.29 is 4.79 Å². The normalized spacial score (nSPS) is 14.1. The van der Waals surface area contributed by atoms with E-state index in [1.54, 1.807) is 6.20 Å². The molecule has 2 aromatic carbocycles. The lowest BCUT2D eigenvalue weighted by Crippen LogP contribution is -2.35. The summed E-state index contributed by atoms with van der Waals surface area (Å²) in [5.74, 6) is -0.0526. The predicted molar refractivity (Wildman–Crippen MR) is 102 cm³/mol. The molecule has 0 bridgehead atoms. The molecule has 2 heterocycles. The van der Waals surface area contributed by atoms with Crippen molar-refractivity contribution in [2.24, 2.45) is 0 Å².